The van der Waals surface area contributed by atoms with Crippen molar-refractivity contribution >= 4 is 11.9 Å². The molecule has 0 aromatic heterocycles. The van der Waals surface area contributed by atoms with Crippen LogP contribution in [0.25, 0.3) is 0 Å². The van der Waals surface area contributed by atoms with Crippen LogP contribution in [0.4, 0.5) is 0 Å². The molecule has 0 saturated heterocycles. The molecule has 0 radical (unpaired) electrons. The fourth-order valence-corrected chi connectivity index (χ4v) is 3.39. The summed E-state index contributed by atoms with van der Waals surface area (Å²) in [6.45, 7) is 0.787. The zero-order chi connectivity index (χ0) is 14.9. The summed E-state index contributed by atoms with van der Waals surface area (Å²) in [7, 11) is 0. The van der Waals surface area contributed by atoms with Crippen molar-refractivity contribution in [2.24, 2.45) is 11.3 Å². The number of carbonyl (C=O) groups is 2. The van der Waals surface area contributed by atoms with Gasteiger partial charge < -0.3 is 10.4 Å². The number of hydrogen-bond acceptors (Lipinski definition) is 2. The first-order valence-corrected chi connectivity index (χ1v) is 7.68. The number of hydrogen-bond donors (Lipinski definition) is 2. The highest BCUT2D eigenvalue weighted by Gasteiger charge is 2.48. The maximum atomic E-state index is 12.1. The van der Waals surface area contributed by atoms with Crippen molar-refractivity contribution in [3.63, 3.8) is 0 Å². The normalized spacial score (nSPS) is 19.6. The maximum Gasteiger partial charge on any atom is 0.335 e. The smallest absolute Gasteiger partial charge is 0.335 e. The number of aromatic carboxylic acids is 1. The van der Waals surface area contributed by atoms with Crippen LogP contribution in [-0.2, 0) is 11.2 Å². The summed E-state index contributed by atoms with van der Waals surface area (Å²) in [4.78, 5) is 23.0. The molecule has 0 spiro atoms. The molecule has 2 fully saturated rings. The highest BCUT2D eigenvalue weighted by molar-refractivity contribution is 5.88. The van der Waals surface area contributed by atoms with Crippen LogP contribution in [0.2, 0.25) is 0 Å². The van der Waals surface area contributed by atoms with Crippen molar-refractivity contribution in [1.29, 1.82) is 0 Å². The fourth-order valence-electron chi connectivity index (χ4n) is 3.39. The number of nitrogens with one attached hydrogen (secondary N) is 1. The van der Waals surface area contributed by atoms with Gasteiger partial charge in [-0.2, -0.15) is 0 Å². The lowest BCUT2D eigenvalue weighted by molar-refractivity contribution is -0.121. The Morgan fingerprint density at radius 3 is 2.62 bits per heavy atom. The second kappa shape index (κ2) is 5.51. The van der Waals surface area contributed by atoms with E-state index in [9.17, 15) is 9.59 Å². The summed E-state index contributed by atoms with van der Waals surface area (Å²) >= 11 is 0. The van der Waals surface area contributed by atoms with Crippen LogP contribution in [0.15, 0.2) is 24.3 Å². The molecular formula is C17H21NO3. The molecule has 2 aliphatic rings. The molecule has 0 aliphatic heterocycles. The van der Waals surface area contributed by atoms with Gasteiger partial charge in [-0.25, -0.2) is 4.79 Å². The lowest BCUT2D eigenvalue weighted by atomic mass is 9.65. The van der Waals surface area contributed by atoms with Crippen molar-refractivity contribution in [1.82, 2.24) is 5.32 Å². The van der Waals surface area contributed by atoms with Crippen molar-refractivity contribution in [2.45, 2.75) is 38.5 Å². The summed E-state index contributed by atoms with van der Waals surface area (Å²) in [5.74, 6) is -0.147. The Bertz CT molecular complexity index is 559. The van der Waals surface area contributed by atoms with Crippen molar-refractivity contribution in [2.75, 3.05) is 6.54 Å². The number of carbonyl (C=O) groups excluding carboxylic acids is 1. The van der Waals surface area contributed by atoms with E-state index in [0.29, 0.717) is 5.41 Å². The molecule has 1 aromatic carbocycles. The van der Waals surface area contributed by atoms with Gasteiger partial charge in [-0.05, 0) is 54.7 Å². The van der Waals surface area contributed by atoms with Gasteiger partial charge in [0.05, 0.1) is 12.0 Å². The highest BCUT2D eigenvalue weighted by atomic mass is 16.4. The number of benzene rings is 1. The van der Waals surface area contributed by atoms with Gasteiger partial charge in [0, 0.05) is 6.54 Å². The van der Waals surface area contributed by atoms with Crippen LogP contribution in [-0.4, -0.2) is 23.5 Å². The van der Waals surface area contributed by atoms with Gasteiger partial charge in [0.25, 0.3) is 0 Å². The molecule has 1 aromatic rings. The Kier molecular flexibility index (Phi) is 3.70. The summed E-state index contributed by atoms with van der Waals surface area (Å²) in [6.07, 6.45) is 6.65. The first-order chi connectivity index (χ1) is 10.1. The first-order valence-electron chi connectivity index (χ1n) is 7.68. The number of carboxylic acid groups (broad SMARTS) is 1. The van der Waals surface area contributed by atoms with Crippen LogP contribution in [0.1, 0.15) is 48.0 Å². The summed E-state index contributed by atoms with van der Waals surface area (Å²) in [5.41, 5.74) is 1.36. The molecule has 112 valence electrons. The zero-order valence-electron chi connectivity index (χ0n) is 12.1. The third kappa shape index (κ3) is 3.09. The lowest BCUT2D eigenvalue weighted by Crippen LogP contribution is -2.44. The lowest BCUT2D eigenvalue weighted by Gasteiger charge is -2.42. The topological polar surface area (TPSA) is 66.4 Å². The van der Waals surface area contributed by atoms with E-state index in [0.717, 1.165) is 18.0 Å². The van der Waals surface area contributed by atoms with E-state index in [4.69, 9.17) is 5.11 Å². The molecule has 0 unspecified atom stereocenters. The largest absolute Gasteiger partial charge is 0.478 e. The quantitative estimate of drug-likeness (QED) is 0.845. The first kappa shape index (κ1) is 14.1. The van der Waals surface area contributed by atoms with Gasteiger partial charge in [0.2, 0.25) is 5.91 Å². The Labute approximate surface area is 124 Å². The molecule has 0 bridgehead atoms. The Balaban J connectivity index is 1.54. The number of carboxylic acids is 1. The van der Waals surface area contributed by atoms with E-state index >= 15 is 0 Å². The predicted octanol–water partition coefficient (Wildman–Crippen LogP) is 2.62. The standard InChI is InChI=1S/C17H21NO3/c19-15(10-12-3-1-4-13(9-12)16(20)21)18-11-17(7-2-8-17)14-5-6-14/h1,3-4,9,14H,2,5-8,10-11H2,(H,18,19)(H,20,21). The van der Waals surface area contributed by atoms with E-state index in [1.54, 1.807) is 24.3 Å². The van der Waals surface area contributed by atoms with Gasteiger partial charge in [-0.1, -0.05) is 18.6 Å². The Morgan fingerprint density at radius 1 is 1.29 bits per heavy atom. The van der Waals surface area contributed by atoms with Gasteiger partial charge in [-0.15, -0.1) is 0 Å². The molecule has 2 aliphatic carbocycles. The molecule has 0 atom stereocenters. The van der Waals surface area contributed by atoms with Gasteiger partial charge in [0.1, 0.15) is 0 Å². The molecule has 3 rings (SSSR count). The molecule has 2 N–H and O–H groups in total. The van der Waals surface area contributed by atoms with Crippen molar-refractivity contribution in [3.05, 3.63) is 35.4 Å². The van der Waals surface area contributed by atoms with Crippen molar-refractivity contribution < 1.29 is 14.7 Å². The number of amides is 1. The molecule has 4 nitrogen and oxygen atoms in total. The van der Waals surface area contributed by atoms with Crippen LogP contribution in [0.5, 0.6) is 0 Å². The van der Waals surface area contributed by atoms with Gasteiger partial charge in [0.15, 0.2) is 0 Å². The van der Waals surface area contributed by atoms with Crippen molar-refractivity contribution in [3.8, 4) is 0 Å². The summed E-state index contributed by atoms with van der Waals surface area (Å²) < 4.78 is 0. The minimum absolute atomic E-state index is 0.00976. The summed E-state index contributed by atoms with van der Waals surface area (Å²) in [5, 5.41) is 12.0. The van der Waals surface area contributed by atoms with Crippen LogP contribution in [0, 0.1) is 11.3 Å². The van der Waals surface area contributed by atoms with E-state index in [1.807, 2.05) is 0 Å². The zero-order valence-corrected chi connectivity index (χ0v) is 12.1. The summed E-state index contributed by atoms with van der Waals surface area (Å²) in [6, 6.07) is 6.60. The minimum atomic E-state index is -0.959. The molecule has 0 heterocycles. The van der Waals surface area contributed by atoms with E-state index in [-0.39, 0.29) is 17.9 Å². The average Bonchev–Trinajstić information content (AvgIpc) is 3.22. The van der Waals surface area contributed by atoms with E-state index in [1.165, 1.54) is 32.1 Å². The molecule has 1 amide bonds. The monoisotopic (exact) mass is 287 g/mol. The fraction of sp³-hybridized carbons (Fsp3) is 0.529. The third-order valence-corrected chi connectivity index (χ3v) is 4.97. The van der Waals surface area contributed by atoms with E-state index < -0.39 is 5.97 Å². The predicted molar refractivity (Wildman–Crippen MR) is 79.1 cm³/mol. The number of rotatable bonds is 6. The van der Waals surface area contributed by atoms with Crippen LogP contribution < -0.4 is 5.32 Å². The molecule has 4 heteroatoms. The Morgan fingerprint density at radius 2 is 2.05 bits per heavy atom. The molecular weight excluding hydrogens is 266 g/mol. The van der Waals surface area contributed by atoms with Gasteiger partial charge in [-0.3, -0.25) is 4.79 Å². The second-order valence-electron chi connectivity index (χ2n) is 6.45. The SMILES string of the molecule is O=C(Cc1cccc(C(=O)O)c1)NCC1(C2CC2)CCC1. The second-order valence-corrected chi connectivity index (χ2v) is 6.45. The maximum absolute atomic E-state index is 12.1. The average molecular weight is 287 g/mol. The molecule has 2 saturated carbocycles. The minimum Gasteiger partial charge on any atom is -0.478 e. The van der Waals surface area contributed by atoms with Crippen LogP contribution in [0.3, 0.4) is 0 Å². The molecule has 21 heavy (non-hydrogen) atoms. The highest BCUT2D eigenvalue weighted by Crippen LogP contribution is 2.56. The van der Waals surface area contributed by atoms with E-state index in [2.05, 4.69) is 5.32 Å². The Hall–Kier alpha value is -1.84. The third-order valence-electron chi connectivity index (χ3n) is 4.97. The van der Waals surface area contributed by atoms with Crippen LogP contribution >= 0.6 is 0 Å². The van der Waals surface area contributed by atoms with Gasteiger partial charge >= 0.3 is 5.97 Å².